The maximum absolute atomic E-state index is 12.3. The molecule has 0 radical (unpaired) electrons. The van der Waals surface area contributed by atoms with Crippen LogP contribution in [0.25, 0.3) is 22.4 Å². The molecule has 2 N–H and O–H groups in total. The molecule has 0 spiro atoms. The van der Waals surface area contributed by atoms with Crippen LogP contribution in [0.15, 0.2) is 57.7 Å². The number of aromatic nitrogens is 1. The summed E-state index contributed by atoms with van der Waals surface area (Å²) in [5.41, 5.74) is 1.47. The number of para-hydroxylation sites is 2. The molecule has 4 rings (SSSR count). The number of rotatable bonds is 5. The predicted octanol–water partition coefficient (Wildman–Crippen LogP) is 3.40. The number of fused-ring (bicyclic) bond motifs is 1. The number of benzene rings is 2. The summed E-state index contributed by atoms with van der Waals surface area (Å²) in [6.45, 7) is 0. The summed E-state index contributed by atoms with van der Waals surface area (Å²) in [5.74, 6) is 0.342. The lowest BCUT2D eigenvalue weighted by Crippen LogP contribution is -2.28. The highest BCUT2D eigenvalue weighted by Crippen LogP contribution is 2.33. The van der Waals surface area contributed by atoms with Crippen LogP contribution in [-0.2, 0) is 4.74 Å². The number of nitrogens with one attached hydrogen (secondary N) is 1. The minimum Gasteiger partial charge on any atom is -0.403 e. The minimum absolute atomic E-state index is 0.111. The van der Waals surface area contributed by atoms with Crippen molar-refractivity contribution in [2.24, 2.45) is 5.92 Å². The largest absolute Gasteiger partial charge is 0.403 e. The molecule has 1 saturated carbocycles. The van der Waals surface area contributed by atoms with Crippen molar-refractivity contribution < 1.29 is 14.3 Å². The van der Waals surface area contributed by atoms with Gasteiger partial charge in [0.05, 0.1) is 22.6 Å². The standard InChI is InChI=1S/C21H22N2O4/c1-26-14-11-10-13(12-14)19(24)22-17-8-4-2-6-15(17)20-23-18-9-5-3-7-16(18)21(25)27-20/h2-9,13-14,19,22,24H,10-12H2,1H3. The van der Waals surface area contributed by atoms with Gasteiger partial charge < -0.3 is 19.6 Å². The van der Waals surface area contributed by atoms with E-state index in [1.54, 1.807) is 25.3 Å². The Bertz CT molecular complexity index is 1000. The van der Waals surface area contributed by atoms with Crippen molar-refractivity contribution in [3.8, 4) is 11.5 Å². The molecule has 27 heavy (non-hydrogen) atoms. The lowest BCUT2D eigenvalue weighted by atomic mass is 10.1. The van der Waals surface area contributed by atoms with Crippen LogP contribution in [0, 0.1) is 5.92 Å². The Labute approximate surface area is 156 Å². The quantitative estimate of drug-likeness (QED) is 0.673. The molecule has 3 unspecified atom stereocenters. The van der Waals surface area contributed by atoms with Gasteiger partial charge in [-0.05, 0) is 43.5 Å². The van der Waals surface area contributed by atoms with Gasteiger partial charge in [0.15, 0.2) is 0 Å². The summed E-state index contributed by atoms with van der Waals surface area (Å²) >= 11 is 0. The van der Waals surface area contributed by atoms with Gasteiger partial charge in [-0.2, -0.15) is 0 Å². The van der Waals surface area contributed by atoms with E-state index >= 15 is 0 Å². The molecule has 6 nitrogen and oxygen atoms in total. The van der Waals surface area contributed by atoms with Gasteiger partial charge in [0.25, 0.3) is 0 Å². The number of hydrogen-bond acceptors (Lipinski definition) is 6. The normalized spacial score (nSPS) is 20.7. The number of aliphatic hydroxyl groups is 1. The first-order valence-electron chi connectivity index (χ1n) is 9.12. The molecular formula is C21H22N2O4. The average molecular weight is 366 g/mol. The summed E-state index contributed by atoms with van der Waals surface area (Å²) in [4.78, 5) is 16.8. The van der Waals surface area contributed by atoms with E-state index in [-0.39, 0.29) is 17.9 Å². The van der Waals surface area contributed by atoms with Crippen LogP contribution in [0.2, 0.25) is 0 Å². The van der Waals surface area contributed by atoms with Crippen molar-refractivity contribution in [3.05, 3.63) is 59.0 Å². The fourth-order valence-corrected chi connectivity index (χ4v) is 3.68. The summed E-state index contributed by atoms with van der Waals surface area (Å²) in [5, 5.41) is 14.2. The van der Waals surface area contributed by atoms with Gasteiger partial charge in [0.2, 0.25) is 5.89 Å². The topological polar surface area (TPSA) is 84.6 Å². The third-order valence-corrected chi connectivity index (χ3v) is 5.20. The molecule has 6 heteroatoms. The van der Waals surface area contributed by atoms with E-state index in [1.165, 1.54) is 0 Å². The summed E-state index contributed by atoms with van der Waals surface area (Å²) in [6, 6.07) is 14.5. The summed E-state index contributed by atoms with van der Waals surface area (Å²) < 4.78 is 10.8. The zero-order valence-corrected chi connectivity index (χ0v) is 15.1. The Morgan fingerprint density at radius 2 is 1.96 bits per heavy atom. The Morgan fingerprint density at radius 3 is 2.78 bits per heavy atom. The Hall–Kier alpha value is -2.70. The van der Waals surface area contributed by atoms with Crippen LogP contribution < -0.4 is 10.9 Å². The Kier molecular flexibility index (Phi) is 4.92. The second-order valence-electron chi connectivity index (χ2n) is 6.89. The number of nitrogens with zero attached hydrogens (tertiary/aromatic N) is 1. The molecule has 1 aliphatic rings. The maximum Gasteiger partial charge on any atom is 0.347 e. The molecule has 0 aliphatic heterocycles. The Balaban J connectivity index is 1.65. The highest BCUT2D eigenvalue weighted by atomic mass is 16.5. The lowest BCUT2D eigenvalue weighted by molar-refractivity contribution is 0.0869. The number of hydrogen-bond donors (Lipinski definition) is 2. The smallest absolute Gasteiger partial charge is 0.347 e. The van der Waals surface area contributed by atoms with Gasteiger partial charge in [-0.3, -0.25) is 0 Å². The SMILES string of the molecule is COC1CCC(C(O)Nc2ccccc2-c2nc3ccccc3c(=O)o2)C1. The van der Waals surface area contributed by atoms with Crippen molar-refractivity contribution in [1.29, 1.82) is 0 Å². The van der Waals surface area contributed by atoms with Crippen molar-refractivity contribution in [3.63, 3.8) is 0 Å². The van der Waals surface area contributed by atoms with E-state index in [0.717, 1.165) is 19.3 Å². The first-order chi connectivity index (χ1) is 13.2. The molecule has 1 aliphatic carbocycles. The first-order valence-corrected chi connectivity index (χ1v) is 9.12. The average Bonchev–Trinajstić information content (AvgIpc) is 3.18. The second kappa shape index (κ2) is 7.50. The highest BCUT2D eigenvalue weighted by molar-refractivity contribution is 5.80. The van der Waals surface area contributed by atoms with E-state index in [1.807, 2.05) is 30.3 Å². The van der Waals surface area contributed by atoms with Crippen LogP contribution in [0.3, 0.4) is 0 Å². The molecule has 0 bridgehead atoms. The molecule has 3 atom stereocenters. The third-order valence-electron chi connectivity index (χ3n) is 5.20. The van der Waals surface area contributed by atoms with E-state index in [9.17, 15) is 9.90 Å². The first kappa shape index (κ1) is 17.7. The molecular weight excluding hydrogens is 344 g/mol. The highest BCUT2D eigenvalue weighted by Gasteiger charge is 2.30. The summed E-state index contributed by atoms with van der Waals surface area (Å²) in [6.07, 6.45) is 2.15. The fraction of sp³-hybridized carbons (Fsp3) is 0.333. The maximum atomic E-state index is 12.3. The molecule has 2 aromatic carbocycles. The van der Waals surface area contributed by atoms with Gasteiger partial charge >= 0.3 is 5.63 Å². The van der Waals surface area contributed by atoms with E-state index in [2.05, 4.69) is 10.3 Å². The Morgan fingerprint density at radius 1 is 1.19 bits per heavy atom. The van der Waals surface area contributed by atoms with Crippen LogP contribution in [0.1, 0.15) is 19.3 Å². The van der Waals surface area contributed by atoms with Crippen LogP contribution >= 0.6 is 0 Å². The third kappa shape index (κ3) is 3.59. The van der Waals surface area contributed by atoms with Gasteiger partial charge in [-0.25, -0.2) is 9.78 Å². The van der Waals surface area contributed by atoms with Crippen LogP contribution in [0.5, 0.6) is 0 Å². The number of anilines is 1. The zero-order chi connectivity index (χ0) is 18.8. The second-order valence-corrected chi connectivity index (χ2v) is 6.89. The van der Waals surface area contributed by atoms with Crippen LogP contribution in [0.4, 0.5) is 5.69 Å². The van der Waals surface area contributed by atoms with E-state index in [0.29, 0.717) is 22.2 Å². The fourth-order valence-electron chi connectivity index (χ4n) is 3.68. The van der Waals surface area contributed by atoms with Crippen molar-refractivity contribution in [2.45, 2.75) is 31.6 Å². The summed E-state index contributed by atoms with van der Waals surface area (Å²) in [7, 11) is 1.70. The minimum atomic E-state index is -0.710. The molecule has 1 fully saturated rings. The number of methoxy groups -OCH3 is 1. The van der Waals surface area contributed by atoms with Gasteiger partial charge in [0.1, 0.15) is 6.23 Å². The number of aliphatic hydroxyl groups excluding tert-OH is 1. The van der Waals surface area contributed by atoms with Crippen molar-refractivity contribution >= 4 is 16.6 Å². The van der Waals surface area contributed by atoms with Crippen molar-refractivity contribution in [2.75, 3.05) is 12.4 Å². The van der Waals surface area contributed by atoms with E-state index < -0.39 is 11.9 Å². The number of ether oxygens (including phenoxy) is 1. The zero-order valence-electron chi connectivity index (χ0n) is 15.1. The monoisotopic (exact) mass is 366 g/mol. The molecule has 1 aromatic heterocycles. The molecule has 0 saturated heterocycles. The molecule has 0 amide bonds. The van der Waals surface area contributed by atoms with Crippen LogP contribution in [-0.4, -0.2) is 29.5 Å². The molecule has 3 aromatic rings. The van der Waals surface area contributed by atoms with Gasteiger partial charge in [-0.15, -0.1) is 0 Å². The van der Waals surface area contributed by atoms with Gasteiger partial charge in [-0.1, -0.05) is 24.3 Å². The predicted molar refractivity (Wildman–Crippen MR) is 103 cm³/mol. The molecule has 140 valence electrons. The van der Waals surface area contributed by atoms with E-state index in [4.69, 9.17) is 9.15 Å². The lowest BCUT2D eigenvalue weighted by Gasteiger charge is -2.22. The van der Waals surface area contributed by atoms with Gasteiger partial charge in [0, 0.05) is 18.7 Å². The van der Waals surface area contributed by atoms with Crippen molar-refractivity contribution in [1.82, 2.24) is 4.98 Å². The molecule has 1 heterocycles.